The van der Waals surface area contributed by atoms with Crippen molar-refractivity contribution in [2.45, 2.75) is 12.3 Å². The number of hydrogen-bond acceptors (Lipinski definition) is 3. The lowest BCUT2D eigenvalue weighted by Gasteiger charge is -2.16. The first kappa shape index (κ1) is 18.5. The van der Waals surface area contributed by atoms with Crippen LogP contribution in [0.5, 0.6) is 0 Å². The fourth-order valence-corrected chi connectivity index (χ4v) is 3.64. The monoisotopic (exact) mass is 385 g/mol. The van der Waals surface area contributed by atoms with Crippen LogP contribution in [-0.4, -0.2) is 33.4 Å². The highest BCUT2D eigenvalue weighted by molar-refractivity contribution is 7.99. The van der Waals surface area contributed by atoms with Gasteiger partial charge in [0.25, 0.3) is 0 Å². The minimum atomic E-state index is 0.101. The number of thioether (sulfide) groups is 1. The van der Waals surface area contributed by atoms with Crippen LogP contribution < -0.4 is 0 Å². The standard InChI is InChI=1S/C20H20ClN3OS/c1-23(20(25)15-26-14-16-6-5-7-18(21)10-16)12-17-11-22-24(13-17)19-8-3-2-4-9-19/h2-11,13H,12,14-15H2,1H3. The van der Waals surface area contributed by atoms with Crippen molar-refractivity contribution in [2.24, 2.45) is 0 Å². The number of benzene rings is 2. The minimum absolute atomic E-state index is 0.101. The molecule has 1 amide bonds. The summed E-state index contributed by atoms with van der Waals surface area (Å²) in [6.07, 6.45) is 3.76. The summed E-state index contributed by atoms with van der Waals surface area (Å²) < 4.78 is 1.82. The van der Waals surface area contributed by atoms with Crippen LogP contribution in [0.2, 0.25) is 5.02 Å². The lowest BCUT2D eigenvalue weighted by Crippen LogP contribution is -2.27. The number of amides is 1. The molecular weight excluding hydrogens is 366 g/mol. The van der Waals surface area contributed by atoms with Crippen LogP contribution in [0.1, 0.15) is 11.1 Å². The highest BCUT2D eigenvalue weighted by atomic mass is 35.5. The third-order valence-corrected chi connectivity index (χ3v) is 5.11. The summed E-state index contributed by atoms with van der Waals surface area (Å²) in [7, 11) is 1.82. The number of carbonyl (C=O) groups excluding carboxylic acids is 1. The van der Waals surface area contributed by atoms with Gasteiger partial charge >= 0.3 is 0 Å². The molecule has 4 nitrogen and oxygen atoms in total. The molecule has 134 valence electrons. The van der Waals surface area contributed by atoms with E-state index in [0.717, 1.165) is 27.6 Å². The zero-order valence-corrected chi connectivity index (χ0v) is 16.1. The molecule has 0 spiro atoms. The molecule has 3 rings (SSSR count). The molecule has 0 aliphatic carbocycles. The molecule has 0 fully saturated rings. The molecule has 1 aromatic heterocycles. The largest absolute Gasteiger partial charge is 0.341 e. The van der Waals surface area contributed by atoms with Crippen molar-refractivity contribution in [3.05, 3.63) is 83.1 Å². The molecule has 0 radical (unpaired) electrons. The molecule has 3 aromatic rings. The number of carbonyl (C=O) groups is 1. The number of rotatable bonds is 7. The van der Waals surface area contributed by atoms with E-state index in [2.05, 4.69) is 5.10 Å². The van der Waals surface area contributed by atoms with Gasteiger partial charge in [-0.25, -0.2) is 4.68 Å². The molecule has 0 aliphatic heterocycles. The predicted octanol–water partition coefficient (Wildman–Crippen LogP) is 4.42. The molecule has 0 unspecified atom stereocenters. The van der Waals surface area contributed by atoms with Gasteiger partial charge in [0.2, 0.25) is 5.91 Å². The summed E-state index contributed by atoms with van der Waals surface area (Å²) in [5.74, 6) is 1.31. The molecule has 2 aromatic carbocycles. The maximum atomic E-state index is 12.3. The van der Waals surface area contributed by atoms with Gasteiger partial charge in [-0.2, -0.15) is 5.10 Å². The lowest BCUT2D eigenvalue weighted by molar-refractivity contribution is -0.127. The van der Waals surface area contributed by atoms with E-state index in [9.17, 15) is 4.79 Å². The van der Waals surface area contributed by atoms with Crippen molar-refractivity contribution in [3.8, 4) is 5.69 Å². The Labute approximate surface area is 162 Å². The van der Waals surface area contributed by atoms with E-state index >= 15 is 0 Å². The molecule has 0 saturated heterocycles. The average molecular weight is 386 g/mol. The van der Waals surface area contributed by atoms with E-state index in [1.165, 1.54) is 0 Å². The van der Waals surface area contributed by atoms with E-state index in [4.69, 9.17) is 11.6 Å². The van der Waals surface area contributed by atoms with Gasteiger partial charge in [-0.05, 0) is 29.8 Å². The van der Waals surface area contributed by atoms with E-state index in [0.29, 0.717) is 12.3 Å². The quantitative estimate of drug-likeness (QED) is 0.604. The zero-order chi connectivity index (χ0) is 18.4. The van der Waals surface area contributed by atoms with Crippen LogP contribution in [0.25, 0.3) is 5.69 Å². The summed E-state index contributed by atoms with van der Waals surface area (Å²) >= 11 is 7.57. The summed E-state index contributed by atoms with van der Waals surface area (Å²) in [6, 6.07) is 17.7. The van der Waals surface area contributed by atoms with Crippen molar-refractivity contribution in [3.63, 3.8) is 0 Å². The second-order valence-electron chi connectivity index (χ2n) is 6.00. The van der Waals surface area contributed by atoms with Gasteiger partial charge < -0.3 is 4.90 Å². The van der Waals surface area contributed by atoms with Gasteiger partial charge in [0, 0.05) is 36.1 Å². The third kappa shape index (κ3) is 5.13. The lowest BCUT2D eigenvalue weighted by atomic mass is 10.2. The molecular formula is C20H20ClN3OS. The maximum absolute atomic E-state index is 12.3. The van der Waals surface area contributed by atoms with Gasteiger partial charge in [-0.1, -0.05) is 41.9 Å². The minimum Gasteiger partial charge on any atom is -0.341 e. The van der Waals surface area contributed by atoms with Gasteiger partial charge in [0.1, 0.15) is 0 Å². The predicted molar refractivity (Wildman–Crippen MR) is 108 cm³/mol. The van der Waals surface area contributed by atoms with Crippen molar-refractivity contribution in [1.82, 2.24) is 14.7 Å². The van der Waals surface area contributed by atoms with Crippen LogP contribution in [-0.2, 0) is 17.1 Å². The Morgan fingerprint density at radius 3 is 2.73 bits per heavy atom. The zero-order valence-electron chi connectivity index (χ0n) is 14.5. The van der Waals surface area contributed by atoms with Crippen LogP contribution >= 0.6 is 23.4 Å². The Morgan fingerprint density at radius 1 is 1.15 bits per heavy atom. The first-order chi connectivity index (χ1) is 12.6. The van der Waals surface area contributed by atoms with E-state index < -0.39 is 0 Å². The number of aromatic nitrogens is 2. The van der Waals surface area contributed by atoms with Crippen molar-refractivity contribution < 1.29 is 4.79 Å². The Kier molecular flexibility index (Phi) is 6.36. The first-order valence-electron chi connectivity index (χ1n) is 8.27. The fraction of sp³-hybridized carbons (Fsp3) is 0.200. The first-order valence-corrected chi connectivity index (χ1v) is 9.80. The molecule has 0 aliphatic rings. The maximum Gasteiger partial charge on any atom is 0.232 e. The Morgan fingerprint density at radius 2 is 1.96 bits per heavy atom. The van der Waals surface area contributed by atoms with Crippen LogP contribution in [0.15, 0.2) is 67.0 Å². The molecule has 26 heavy (non-hydrogen) atoms. The number of halogens is 1. The number of nitrogens with zero attached hydrogens (tertiary/aromatic N) is 3. The summed E-state index contributed by atoms with van der Waals surface area (Å²) in [6.45, 7) is 0.545. The Bertz CT molecular complexity index is 866. The SMILES string of the molecule is CN(Cc1cnn(-c2ccccc2)c1)C(=O)CSCc1cccc(Cl)c1. The normalized spacial score (nSPS) is 10.7. The molecule has 1 heterocycles. The topological polar surface area (TPSA) is 38.1 Å². The third-order valence-electron chi connectivity index (χ3n) is 3.89. The van der Waals surface area contributed by atoms with Crippen LogP contribution in [0.3, 0.4) is 0 Å². The van der Waals surface area contributed by atoms with Crippen molar-refractivity contribution in [1.29, 1.82) is 0 Å². The van der Waals surface area contributed by atoms with Gasteiger partial charge in [0.15, 0.2) is 0 Å². The molecule has 0 bridgehead atoms. The van der Waals surface area contributed by atoms with Gasteiger partial charge in [-0.15, -0.1) is 11.8 Å². The summed E-state index contributed by atoms with van der Waals surface area (Å²) in [4.78, 5) is 14.1. The highest BCUT2D eigenvalue weighted by Gasteiger charge is 2.11. The average Bonchev–Trinajstić information content (AvgIpc) is 3.11. The summed E-state index contributed by atoms with van der Waals surface area (Å²) in [5, 5.41) is 5.09. The van der Waals surface area contributed by atoms with Crippen molar-refractivity contribution in [2.75, 3.05) is 12.8 Å². The Hall–Kier alpha value is -2.24. The van der Waals surface area contributed by atoms with Crippen LogP contribution in [0, 0.1) is 0 Å². The summed E-state index contributed by atoms with van der Waals surface area (Å²) in [5.41, 5.74) is 3.14. The van der Waals surface area contributed by atoms with Gasteiger partial charge in [0.05, 0.1) is 17.6 Å². The molecule has 6 heteroatoms. The highest BCUT2D eigenvalue weighted by Crippen LogP contribution is 2.17. The Balaban J connectivity index is 1.49. The smallest absolute Gasteiger partial charge is 0.232 e. The number of hydrogen-bond donors (Lipinski definition) is 0. The van der Waals surface area contributed by atoms with E-state index in [1.807, 2.05) is 72.5 Å². The van der Waals surface area contributed by atoms with E-state index in [-0.39, 0.29) is 5.91 Å². The van der Waals surface area contributed by atoms with Crippen molar-refractivity contribution >= 4 is 29.3 Å². The number of para-hydroxylation sites is 1. The second kappa shape index (κ2) is 8.92. The molecule has 0 saturated carbocycles. The molecule has 0 atom stereocenters. The second-order valence-corrected chi connectivity index (χ2v) is 7.42. The molecule has 0 N–H and O–H groups in total. The van der Waals surface area contributed by atoms with Crippen LogP contribution in [0.4, 0.5) is 0 Å². The fourth-order valence-electron chi connectivity index (χ4n) is 2.52. The van der Waals surface area contributed by atoms with Gasteiger partial charge in [-0.3, -0.25) is 4.79 Å². The van der Waals surface area contributed by atoms with E-state index in [1.54, 1.807) is 22.9 Å².